The number of hydrogen-bond donors (Lipinski definition) is 0. The van der Waals surface area contributed by atoms with Gasteiger partial charge in [0.25, 0.3) is 0 Å². The van der Waals surface area contributed by atoms with Gasteiger partial charge in [0, 0.05) is 4.88 Å². The second kappa shape index (κ2) is 2.51. The van der Waals surface area contributed by atoms with Crippen molar-refractivity contribution in [3.05, 3.63) is 28.3 Å². The zero-order valence-corrected chi connectivity index (χ0v) is 5.93. The van der Waals surface area contributed by atoms with Crippen molar-refractivity contribution >= 4 is 22.9 Å². The molecule has 1 aromatic heterocycles. The number of halogens is 1. The third-order valence-corrected chi connectivity index (χ3v) is 2.36. The van der Waals surface area contributed by atoms with Crippen molar-refractivity contribution in [2.45, 2.75) is 6.42 Å². The highest BCUT2D eigenvalue weighted by atomic mass is 35.5. The van der Waals surface area contributed by atoms with Crippen LogP contribution in [0, 0.1) is 6.92 Å². The zero-order valence-electron chi connectivity index (χ0n) is 4.36. The minimum Gasteiger partial charge on any atom is -0.147 e. The van der Waals surface area contributed by atoms with E-state index in [2.05, 4.69) is 6.92 Å². The van der Waals surface area contributed by atoms with Gasteiger partial charge in [-0.2, -0.15) is 0 Å². The van der Waals surface area contributed by atoms with Gasteiger partial charge in [0.15, 0.2) is 0 Å². The van der Waals surface area contributed by atoms with Crippen molar-refractivity contribution in [3.8, 4) is 0 Å². The molecule has 0 nitrogen and oxygen atoms in total. The maximum atomic E-state index is 5.71. The summed E-state index contributed by atoms with van der Waals surface area (Å²) in [6.07, 6.45) is 0.802. The molecule has 1 rings (SSSR count). The summed E-state index contributed by atoms with van der Waals surface area (Å²) in [4.78, 5) is 1.17. The normalized spacial score (nSPS) is 9.75. The van der Waals surface area contributed by atoms with Gasteiger partial charge in [-0.3, -0.25) is 0 Å². The molecule has 43 valence electrons. The molecule has 0 saturated heterocycles. The standard InChI is InChI=1S/C6H6ClS/c1-2-6-5(7)3-4-8-6/h3-4H,1-2H2. The Morgan fingerprint density at radius 2 is 2.50 bits per heavy atom. The molecule has 0 aromatic carbocycles. The summed E-state index contributed by atoms with van der Waals surface area (Å²) in [6, 6.07) is 1.90. The summed E-state index contributed by atoms with van der Waals surface area (Å²) in [7, 11) is 0. The van der Waals surface area contributed by atoms with Crippen LogP contribution in [0.25, 0.3) is 0 Å². The Labute approximate surface area is 58.1 Å². The van der Waals surface area contributed by atoms with Gasteiger partial charge in [-0.15, -0.1) is 11.3 Å². The van der Waals surface area contributed by atoms with E-state index >= 15 is 0 Å². The first-order valence-electron chi connectivity index (χ1n) is 2.35. The van der Waals surface area contributed by atoms with E-state index in [1.165, 1.54) is 4.88 Å². The molecule has 0 aliphatic rings. The molecule has 0 amide bonds. The van der Waals surface area contributed by atoms with Gasteiger partial charge in [0.05, 0.1) is 5.02 Å². The van der Waals surface area contributed by atoms with E-state index in [1.54, 1.807) is 11.3 Å². The smallest absolute Gasteiger partial charge is 0.0544 e. The Balaban J connectivity index is 2.92. The van der Waals surface area contributed by atoms with E-state index in [4.69, 9.17) is 11.6 Å². The van der Waals surface area contributed by atoms with Crippen LogP contribution >= 0.6 is 22.9 Å². The minimum atomic E-state index is 0.802. The molecule has 8 heavy (non-hydrogen) atoms. The van der Waals surface area contributed by atoms with Crippen molar-refractivity contribution in [3.63, 3.8) is 0 Å². The summed E-state index contributed by atoms with van der Waals surface area (Å²) in [5.41, 5.74) is 0. The second-order valence-electron chi connectivity index (χ2n) is 1.44. The molecule has 0 bridgehead atoms. The summed E-state index contributed by atoms with van der Waals surface area (Å²) >= 11 is 7.37. The topological polar surface area (TPSA) is 0 Å². The number of hydrogen-bond acceptors (Lipinski definition) is 1. The highest BCUT2D eigenvalue weighted by Crippen LogP contribution is 2.21. The van der Waals surface area contributed by atoms with Crippen LogP contribution in [0.3, 0.4) is 0 Å². The molecule has 1 heterocycles. The summed E-state index contributed by atoms with van der Waals surface area (Å²) in [6.45, 7) is 3.71. The summed E-state index contributed by atoms with van der Waals surface area (Å²) < 4.78 is 0. The van der Waals surface area contributed by atoms with Gasteiger partial charge in [0.2, 0.25) is 0 Å². The van der Waals surface area contributed by atoms with Crippen molar-refractivity contribution < 1.29 is 0 Å². The van der Waals surface area contributed by atoms with Crippen molar-refractivity contribution in [1.82, 2.24) is 0 Å². The molecule has 1 radical (unpaired) electrons. The SMILES string of the molecule is [CH2]Cc1sccc1Cl. The van der Waals surface area contributed by atoms with Crippen LogP contribution in [0.1, 0.15) is 4.88 Å². The lowest BCUT2D eigenvalue weighted by Gasteiger charge is -1.85. The second-order valence-corrected chi connectivity index (χ2v) is 2.85. The molecule has 0 atom stereocenters. The Kier molecular flexibility index (Phi) is 1.92. The number of thiophene rings is 1. The van der Waals surface area contributed by atoms with Crippen LogP contribution in [0.5, 0.6) is 0 Å². The molecule has 0 aliphatic heterocycles. The summed E-state index contributed by atoms with van der Waals surface area (Å²) in [5.74, 6) is 0. The Bertz CT molecular complexity index is 169. The average molecular weight is 146 g/mol. The monoisotopic (exact) mass is 145 g/mol. The number of rotatable bonds is 1. The lowest BCUT2D eigenvalue weighted by Crippen LogP contribution is -1.68. The van der Waals surface area contributed by atoms with E-state index in [0.717, 1.165) is 11.4 Å². The maximum absolute atomic E-state index is 5.71. The first-order valence-corrected chi connectivity index (χ1v) is 3.61. The largest absolute Gasteiger partial charge is 0.147 e. The molecular formula is C6H6ClS. The van der Waals surface area contributed by atoms with Crippen LogP contribution in [0.2, 0.25) is 5.02 Å². The van der Waals surface area contributed by atoms with E-state index in [9.17, 15) is 0 Å². The lowest BCUT2D eigenvalue weighted by molar-refractivity contribution is 1.35. The fourth-order valence-electron chi connectivity index (χ4n) is 0.503. The third kappa shape index (κ3) is 1.04. The molecular weight excluding hydrogens is 140 g/mol. The van der Waals surface area contributed by atoms with E-state index < -0.39 is 0 Å². The molecule has 2 heteroatoms. The molecule has 1 aromatic rings. The maximum Gasteiger partial charge on any atom is 0.0544 e. The quantitative estimate of drug-likeness (QED) is 0.570. The van der Waals surface area contributed by atoms with Gasteiger partial charge in [0.1, 0.15) is 0 Å². The molecule has 0 spiro atoms. The molecule has 0 unspecified atom stereocenters. The predicted octanol–water partition coefficient (Wildman–Crippen LogP) is 2.78. The van der Waals surface area contributed by atoms with Crippen LogP contribution in [0.15, 0.2) is 11.4 Å². The Morgan fingerprint density at radius 3 is 2.75 bits per heavy atom. The van der Waals surface area contributed by atoms with Crippen LogP contribution < -0.4 is 0 Å². The predicted molar refractivity (Wildman–Crippen MR) is 38.4 cm³/mol. The van der Waals surface area contributed by atoms with Gasteiger partial charge >= 0.3 is 0 Å². The van der Waals surface area contributed by atoms with Crippen molar-refractivity contribution in [2.24, 2.45) is 0 Å². The van der Waals surface area contributed by atoms with Crippen LogP contribution in [-0.4, -0.2) is 0 Å². The summed E-state index contributed by atoms with van der Waals surface area (Å²) in [5, 5.41) is 2.83. The van der Waals surface area contributed by atoms with E-state index in [-0.39, 0.29) is 0 Å². The Hall–Kier alpha value is -0.0100. The Morgan fingerprint density at radius 1 is 1.75 bits per heavy atom. The van der Waals surface area contributed by atoms with Gasteiger partial charge < -0.3 is 0 Å². The fourth-order valence-corrected chi connectivity index (χ4v) is 1.54. The molecule has 0 saturated carbocycles. The van der Waals surface area contributed by atoms with E-state index in [1.807, 2.05) is 11.4 Å². The lowest BCUT2D eigenvalue weighted by atomic mass is 10.4. The first-order chi connectivity index (χ1) is 3.84. The fraction of sp³-hybridized carbons (Fsp3) is 0.167. The zero-order chi connectivity index (χ0) is 5.98. The van der Waals surface area contributed by atoms with Gasteiger partial charge in [-0.25, -0.2) is 0 Å². The molecule has 0 fully saturated rings. The van der Waals surface area contributed by atoms with Gasteiger partial charge in [-0.05, 0) is 24.8 Å². The average Bonchev–Trinajstić information content (AvgIpc) is 2.14. The van der Waals surface area contributed by atoms with Crippen molar-refractivity contribution in [1.29, 1.82) is 0 Å². The third-order valence-electron chi connectivity index (χ3n) is 0.918. The minimum absolute atomic E-state index is 0.802. The van der Waals surface area contributed by atoms with E-state index in [0.29, 0.717) is 0 Å². The highest BCUT2D eigenvalue weighted by Gasteiger charge is 1.95. The highest BCUT2D eigenvalue weighted by molar-refractivity contribution is 7.10. The molecule has 0 N–H and O–H groups in total. The van der Waals surface area contributed by atoms with Crippen LogP contribution in [0.4, 0.5) is 0 Å². The van der Waals surface area contributed by atoms with Crippen molar-refractivity contribution in [2.75, 3.05) is 0 Å². The van der Waals surface area contributed by atoms with Crippen LogP contribution in [-0.2, 0) is 6.42 Å². The van der Waals surface area contributed by atoms with Gasteiger partial charge in [-0.1, -0.05) is 11.6 Å². The molecule has 0 aliphatic carbocycles. The first kappa shape index (κ1) is 6.12.